The van der Waals surface area contributed by atoms with Crippen molar-refractivity contribution in [2.24, 2.45) is 0 Å². The summed E-state index contributed by atoms with van der Waals surface area (Å²) in [6.07, 6.45) is 7.14. The van der Waals surface area contributed by atoms with Crippen molar-refractivity contribution in [1.82, 2.24) is 9.97 Å². The van der Waals surface area contributed by atoms with Gasteiger partial charge in [-0.05, 0) is 51.2 Å². The molecule has 1 aliphatic carbocycles. The van der Waals surface area contributed by atoms with Gasteiger partial charge in [-0.3, -0.25) is 0 Å². The molecule has 2 aromatic rings. The summed E-state index contributed by atoms with van der Waals surface area (Å²) in [6, 6.07) is 4.29. The molecule has 112 valence electrons. The molecule has 0 saturated carbocycles. The highest BCUT2D eigenvalue weighted by atomic mass is 32.1. The first-order chi connectivity index (χ1) is 10.3. The smallest absolute Gasteiger partial charge is 0.171 e. The minimum absolute atomic E-state index is 0.896. The largest absolute Gasteiger partial charge is 0.370 e. The Kier molecular flexibility index (Phi) is 4.54. The maximum Gasteiger partial charge on any atom is 0.171 e. The summed E-state index contributed by atoms with van der Waals surface area (Å²) < 4.78 is 0. The number of hydrogen-bond acceptors (Lipinski definition) is 4. The molecule has 0 spiro atoms. The van der Waals surface area contributed by atoms with Crippen molar-refractivity contribution in [1.29, 1.82) is 0 Å². The SMILES string of the molecule is CCCNc1nc(-c2ccc(C)s2)nc2c1CCCCC2. The highest BCUT2D eigenvalue weighted by Gasteiger charge is 2.17. The maximum absolute atomic E-state index is 4.88. The van der Waals surface area contributed by atoms with E-state index in [-0.39, 0.29) is 0 Å². The highest BCUT2D eigenvalue weighted by Crippen LogP contribution is 2.30. The first kappa shape index (κ1) is 14.5. The van der Waals surface area contributed by atoms with Crippen LogP contribution < -0.4 is 5.32 Å². The van der Waals surface area contributed by atoms with Gasteiger partial charge in [0.05, 0.1) is 4.88 Å². The lowest BCUT2D eigenvalue weighted by molar-refractivity contribution is 0.709. The number of aromatic nitrogens is 2. The fourth-order valence-electron chi connectivity index (χ4n) is 2.83. The zero-order valence-electron chi connectivity index (χ0n) is 12.9. The van der Waals surface area contributed by atoms with Gasteiger partial charge in [0.25, 0.3) is 0 Å². The molecule has 2 heterocycles. The molecule has 4 heteroatoms. The Balaban J connectivity index is 2.03. The van der Waals surface area contributed by atoms with Crippen molar-refractivity contribution in [3.8, 4) is 10.7 Å². The third-order valence-corrected chi connectivity index (χ3v) is 4.93. The van der Waals surface area contributed by atoms with Crippen molar-refractivity contribution < 1.29 is 0 Å². The van der Waals surface area contributed by atoms with Crippen LogP contribution in [0.2, 0.25) is 0 Å². The van der Waals surface area contributed by atoms with E-state index < -0.39 is 0 Å². The van der Waals surface area contributed by atoms with Gasteiger partial charge in [-0.2, -0.15) is 0 Å². The van der Waals surface area contributed by atoms with Gasteiger partial charge in [0.2, 0.25) is 0 Å². The van der Waals surface area contributed by atoms with E-state index in [1.807, 2.05) is 0 Å². The molecule has 1 N–H and O–H groups in total. The molecule has 0 saturated heterocycles. The molecule has 0 aromatic carbocycles. The Labute approximate surface area is 130 Å². The highest BCUT2D eigenvalue weighted by molar-refractivity contribution is 7.15. The molecule has 0 radical (unpaired) electrons. The summed E-state index contributed by atoms with van der Waals surface area (Å²) >= 11 is 1.78. The summed E-state index contributed by atoms with van der Waals surface area (Å²) in [5, 5.41) is 3.52. The second-order valence-electron chi connectivity index (χ2n) is 5.72. The predicted octanol–water partition coefficient (Wildman–Crippen LogP) is 4.60. The zero-order valence-corrected chi connectivity index (χ0v) is 13.7. The molecule has 0 atom stereocenters. The van der Waals surface area contributed by atoms with Crippen LogP contribution in [0.4, 0.5) is 5.82 Å². The molecule has 0 fully saturated rings. The Bertz CT molecular complexity index is 618. The van der Waals surface area contributed by atoms with Crippen LogP contribution in [0.3, 0.4) is 0 Å². The third kappa shape index (κ3) is 3.26. The fraction of sp³-hybridized carbons (Fsp3) is 0.529. The van der Waals surface area contributed by atoms with Crippen LogP contribution in [-0.4, -0.2) is 16.5 Å². The van der Waals surface area contributed by atoms with Crippen LogP contribution in [-0.2, 0) is 12.8 Å². The van der Waals surface area contributed by atoms with Crippen molar-refractivity contribution in [2.45, 2.75) is 52.4 Å². The number of anilines is 1. The Morgan fingerprint density at radius 3 is 2.76 bits per heavy atom. The predicted molar refractivity (Wildman–Crippen MR) is 90.1 cm³/mol. The molecule has 0 unspecified atom stereocenters. The summed E-state index contributed by atoms with van der Waals surface area (Å²) in [7, 11) is 0. The van der Waals surface area contributed by atoms with Gasteiger partial charge in [0.1, 0.15) is 5.82 Å². The summed E-state index contributed by atoms with van der Waals surface area (Å²) in [6.45, 7) is 5.30. The van der Waals surface area contributed by atoms with E-state index >= 15 is 0 Å². The second kappa shape index (κ2) is 6.56. The van der Waals surface area contributed by atoms with Crippen molar-refractivity contribution in [2.75, 3.05) is 11.9 Å². The number of aryl methyl sites for hydroxylation is 2. The molecular weight excluding hydrogens is 278 g/mol. The molecular formula is C17H23N3S. The van der Waals surface area contributed by atoms with Crippen molar-refractivity contribution >= 4 is 17.2 Å². The number of fused-ring (bicyclic) bond motifs is 1. The van der Waals surface area contributed by atoms with Gasteiger partial charge >= 0.3 is 0 Å². The number of nitrogens with zero attached hydrogens (tertiary/aromatic N) is 2. The lowest BCUT2D eigenvalue weighted by atomic mass is 10.1. The quantitative estimate of drug-likeness (QED) is 0.838. The Morgan fingerprint density at radius 1 is 1.14 bits per heavy atom. The molecule has 3 nitrogen and oxygen atoms in total. The topological polar surface area (TPSA) is 37.8 Å². The average molecular weight is 301 g/mol. The number of thiophene rings is 1. The van der Waals surface area contributed by atoms with Gasteiger partial charge in [-0.15, -0.1) is 11.3 Å². The van der Waals surface area contributed by atoms with Crippen molar-refractivity contribution in [3.05, 3.63) is 28.3 Å². The van der Waals surface area contributed by atoms with E-state index in [0.29, 0.717) is 0 Å². The van der Waals surface area contributed by atoms with E-state index in [0.717, 1.165) is 37.4 Å². The molecule has 1 aliphatic rings. The van der Waals surface area contributed by atoms with Crippen LogP contribution in [0.25, 0.3) is 10.7 Å². The zero-order chi connectivity index (χ0) is 14.7. The molecule has 0 bridgehead atoms. The minimum Gasteiger partial charge on any atom is -0.370 e. The summed E-state index contributed by atoms with van der Waals surface area (Å²) in [5.74, 6) is 1.97. The summed E-state index contributed by atoms with van der Waals surface area (Å²) in [4.78, 5) is 12.2. The van der Waals surface area contributed by atoms with Gasteiger partial charge in [0.15, 0.2) is 5.82 Å². The van der Waals surface area contributed by atoms with E-state index in [4.69, 9.17) is 9.97 Å². The van der Waals surface area contributed by atoms with E-state index in [1.54, 1.807) is 11.3 Å². The van der Waals surface area contributed by atoms with E-state index in [2.05, 4.69) is 31.3 Å². The van der Waals surface area contributed by atoms with Crippen LogP contribution in [0.5, 0.6) is 0 Å². The van der Waals surface area contributed by atoms with Crippen LogP contribution in [0.1, 0.15) is 48.7 Å². The lowest BCUT2D eigenvalue weighted by Gasteiger charge is -2.14. The third-order valence-electron chi connectivity index (χ3n) is 3.94. The average Bonchev–Trinajstić information content (AvgIpc) is 2.78. The number of rotatable bonds is 4. The lowest BCUT2D eigenvalue weighted by Crippen LogP contribution is -2.10. The second-order valence-corrected chi connectivity index (χ2v) is 7.01. The fourth-order valence-corrected chi connectivity index (χ4v) is 3.63. The molecule has 21 heavy (non-hydrogen) atoms. The van der Waals surface area contributed by atoms with Gasteiger partial charge < -0.3 is 5.32 Å². The molecule has 2 aromatic heterocycles. The van der Waals surface area contributed by atoms with Crippen LogP contribution in [0.15, 0.2) is 12.1 Å². The minimum atomic E-state index is 0.896. The monoisotopic (exact) mass is 301 g/mol. The Hall–Kier alpha value is -1.42. The normalized spacial score (nSPS) is 14.6. The molecule has 0 aliphatic heterocycles. The van der Waals surface area contributed by atoms with Gasteiger partial charge in [0, 0.05) is 22.7 Å². The van der Waals surface area contributed by atoms with Crippen LogP contribution >= 0.6 is 11.3 Å². The number of hydrogen-bond donors (Lipinski definition) is 1. The van der Waals surface area contributed by atoms with E-state index in [9.17, 15) is 0 Å². The first-order valence-corrected chi connectivity index (χ1v) is 8.80. The molecule has 0 amide bonds. The standard InChI is InChI=1S/C17H23N3S/c1-3-11-18-16-13-7-5-4-6-8-14(13)19-17(20-16)15-10-9-12(2)21-15/h9-10H,3-8,11H2,1-2H3,(H,18,19,20). The van der Waals surface area contributed by atoms with Gasteiger partial charge in [-0.1, -0.05) is 13.3 Å². The summed E-state index contributed by atoms with van der Waals surface area (Å²) in [5.41, 5.74) is 2.63. The van der Waals surface area contributed by atoms with Crippen molar-refractivity contribution in [3.63, 3.8) is 0 Å². The first-order valence-electron chi connectivity index (χ1n) is 7.98. The Morgan fingerprint density at radius 2 is 2.00 bits per heavy atom. The number of nitrogens with one attached hydrogen (secondary N) is 1. The van der Waals surface area contributed by atoms with E-state index in [1.165, 1.54) is 40.3 Å². The maximum atomic E-state index is 4.88. The van der Waals surface area contributed by atoms with Crippen LogP contribution in [0, 0.1) is 6.92 Å². The molecule has 3 rings (SSSR count). The van der Waals surface area contributed by atoms with Gasteiger partial charge in [-0.25, -0.2) is 9.97 Å².